The van der Waals surface area contributed by atoms with Gasteiger partial charge in [0, 0.05) is 33.0 Å². The monoisotopic (exact) mass is 764 g/mol. The fourth-order valence-electron chi connectivity index (χ4n) is 8.15. The second-order valence-electron chi connectivity index (χ2n) is 15.1. The fraction of sp³-hybridized carbons (Fsp3) is 0. The minimum atomic E-state index is 0.635. The molecule has 2 heterocycles. The molecule has 0 aliphatic rings. The standard InChI is InChI=1S/C56H36N4/c1-3-10-37(11-4-1)38-22-26-45(27-23-38)55-58-54(44-13-5-2-6-14-44)59-56(60-55)46-28-24-40(25-29-46)39-18-20-41(21-19-39)47-15-9-16-48(36-47)52-35-32-43-31-33-50-49-17-8-7-12-42(49)30-34-51(50)53(43)57-52/h1-36H. The zero-order valence-corrected chi connectivity index (χ0v) is 32.6. The Morgan fingerprint density at radius 1 is 0.217 bits per heavy atom. The fourth-order valence-corrected chi connectivity index (χ4v) is 8.15. The van der Waals surface area contributed by atoms with Crippen molar-refractivity contribution in [2.75, 3.05) is 0 Å². The van der Waals surface area contributed by atoms with Gasteiger partial charge in [-0.1, -0.05) is 206 Å². The van der Waals surface area contributed by atoms with Crippen LogP contribution in [0.15, 0.2) is 218 Å². The molecule has 0 saturated heterocycles. The molecule has 4 nitrogen and oxygen atoms in total. The molecule has 60 heavy (non-hydrogen) atoms. The zero-order valence-electron chi connectivity index (χ0n) is 32.6. The number of nitrogens with zero attached hydrogens (tertiary/aromatic N) is 4. The Kier molecular flexibility index (Phi) is 8.79. The van der Waals surface area contributed by atoms with Crippen molar-refractivity contribution in [3.05, 3.63) is 218 Å². The lowest BCUT2D eigenvalue weighted by Crippen LogP contribution is -2.00. The highest BCUT2D eigenvalue weighted by molar-refractivity contribution is 6.16. The molecule has 0 unspecified atom stereocenters. The second kappa shape index (κ2) is 15.0. The van der Waals surface area contributed by atoms with Gasteiger partial charge in [-0.25, -0.2) is 19.9 Å². The van der Waals surface area contributed by atoms with Crippen molar-refractivity contribution >= 4 is 32.4 Å². The Bertz CT molecular complexity index is 3330. The van der Waals surface area contributed by atoms with Gasteiger partial charge in [-0.05, 0) is 61.7 Å². The van der Waals surface area contributed by atoms with E-state index in [1.165, 1.54) is 27.1 Å². The molecular weight excluding hydrogens is 729 g/mol. The SMILES string of the molecule is c1ccc(-c2ccc(-c3nc(-c4ccccc4)nc(-c4ccc(-c5ccc(-c6cccc(-c7ccc8ccc9c%10ccccc%10ccc9c8n7)c6)cc5)cc4)n3)cc2)cc1. The van der Waals surface area contributed by atoms with Crippen LogP contribution in [-0.2, 0) is 0 Å². The van der Waals surface area contributed by atoms with Gasteiger partial charge in [0.2, 0.25) is 0 Å². The van der Waals surface area contributed by atoms with E-state index in [1.807, 2.05) is 36.4 Å². The summed E-state index contributed by atoms with van der Waals surface area (Å²) in [4.78, 5) is 20.1. The average Bonchev–Trinajstić information content (AvgIpc) is 3.34. The van der Waals surface area contributed by atoms with Crippen LogP contribution in [0.2, 0.25) is 0 Å². The number of hydrogen-bond donors (Lipinski definition) is 0. The molecule has 11 aromatic rings. The predicted molar refractivity (Wildman–Crippen MR) is 248 cm³/mol. The maximum Gasteiger partial charge on any atom is 0.164 e. The van der Waals surface area contributed by atoms with Crippen LogP contribution in [0, 0.1) is 0 Å². The summed E-state index contributed by atoms with van der Waals surface area (Å²) in [7, 11) is 0. The number of fused-ring (bicyclic) bond motifs is 5. The van der Waals surface area contributed by atoms with Gasteiger partial charge in [-0.2, -0.15) is 0 Å². The van der Waals surface area contributed by atoms with Crippen molar-refractivity contribution in [2.45, 2.75) is 0 Å². The minimum absolute atomic E-state index is 0.635. The molecule has 11 rings (SSSR count). The molecular formula is C56H36N4. The number of benzene rings is 9. The van der Waals surface area contributed by atoms with E-state index in [-0.39, 0.29) is 0 Å². The first-order valence-corrected chi connectivity index (χ1v) is 20.2. The summed E-state index contributed by atoms with van der Waals surface area (Å²) in [5, 5.41) is 6.03. The van der Waals surface area contributed by atoms with E-state index in [0.29, 0.717) is 17.5 Å². The summed E-state index contributed by atoms with van der Waals surface area (Å²) in [5.41, 5.74) is 12.8. The highest BCUT2D eigenvalue weighted by atomic mass is 15.0. The normalized spacial score (nSPS) is 11.3. The maximum atomic E-state index is 5.24. The van der Waals surface area contributed by atoms with Crippen LogP contribution >= 0.6 is 0 Å². The third-order valence-electron chi connectivity index (χ3n) is 11.4. The third-order valence-corrected chi connectivity index (χ3v) is 11.4. The lowest BCUT2D eigenvalue weighted by atomic mass is 9.97. The molecule has 9 aromatic carbocycles. The smallest absolute Gasteiger partial charge is 0.164 e. The molecule has 0 aliphatic carbocycles. The third kappa shape index (κ3) is 6.66. The first kappa shape index (κ1) is 35.1. The second-order valence-corrected chi connectivity index (χ2v) is 15.1. The van der Waals surface area contributed by atoms with Gasteiger partial charge < -0.3 is 0 Å². The van der Waals surface area contributed by atoms with E-state index < -0.39 is 0 Å². The summed E-state index contributed by atoms with van der Waals surface area (Å²) in [5.74, 6) is 1.92. The molecule has 0 spiro atoms. The van der Waals surface area contributed by atoms with Crippen molar-refractivity contribution in [2.24, 2.45) is 0 Å². The van der Waals surface area contributed by atoms with Crippen LogP contribution < -0.4 is 0 Å². The topological polar surface area (TPSA) is 51.6 Å². The van der Waals surface area contributed by atoms with E-state index in [0.717, 1.165) is 66.7 Å². The van der Waals surface area contributed by atoms with E-state index in [1.54, 1.807) is 0 Å². The molecule has 0 aliphatic heterocycles. The quantitative estimate of drug-likeness (QED) is 0.152. The van der Waals surface area contributed by atoms with Crippen molar-refractivity contribution < 1.29 is 0 Å². The van der Waals surface area contributed by atoms with Gasteiger partial charge >= 0.3 is 0 Å². The van der Waals surface area contributed by atoms with Gasteiger partial charge in [0.1, 0.15) is 0 Å². The van der Waals surface area contributed by atoms with Gasteiger partial charge in [-0.15, -0.1) is 0 Å². The first-order valence-electron chi connectivity index (χ1n) is 20.2. The largest absolute Gasteiger partial charge is 0.247 e. The Balaban J connectivity index is 0.870. The van der Waals surface area contributed by atoms with Crippen LogP contribution in [0.1, 0.15) is 0 Å². The van der Waals surface area contributed by atoms with Crippen LogP contribution in [0.3, 0.4) is 0 Å². The highest BCUT2D eigenvalue weighted by Gasteiger charge is 2.14. The van der Waals surface area contributed by atoms with E-state index in [2.05, 4.69) is 182 Å². The van der Waals surface area contributed by atoms with E-state index in [9.17, 15) is 0 Å². The molecule has 0 amide bonds. The summed E-state index contributed by atoms with van der Waals surface area (Å²) in [6, 6.07) is 76.5. The Morgan fingerprint density at radius 3 is 1.25 bits per heavy atom. The Labute approximate surface area is 348 Å². The first-order chi connectivity index (χ1) is 29.7. The highest BCUT2D eigenvalue weighted by Crippen LogP contribution is 2.34. The summed E-state index contributed by atoms with van der Waals surface area (Å²) in [6.07, 6.45) is 0. The number of rotatable bonds is 7. The molecule has 0 fully saturated rings. The maximum absolute atomic E-state index is 5.24. The number of pyridine rings is 1. The number of hydrogen-bond acceptors (Lipinski definition) is 4. The van der Waals surface area contributed by atoms with Gasteiger partial charge in [0.05, 0.1) is 11.2 Å². The Hall–Kier alpha value is -8.08. The minimum Gasteiger partial charge on any atom is -0.247 e. The van der Waals surface area contributed by atoms with Crippen LogP contribution in [-0.4, -0.2) is 19.9 Å². The van der Waals surface area contributed by atoms with Gasteiger partial charge in [-0.3, -0.25) is 0 Å². The van der Waals surface area contributed by atoms with Crippen LogP contribution in [0.4, 0.5) is 0 Å². The summed E-state index contributed by atoms with van der Waals surface area (Å²) in [6.45, 7) is 0. The lowest BCUT2D eigenvalue weighted by Gasteiger charge is -2.11. The molecule has 4 heteroatoms. The van der Waals surface area contributed by atoms with Crippen LogP contribution in [0.5, 0.6) is 0 Å². The summed E-state index contributed by atoms with van der Waals surface area (Å²) >= 11 is 0. The molecule has 280 valence electrons. The van der Waals surface area contributed by atoms with Crippen LogP contribution in [0.25, 0.3) is 111 Å². The molecule has 2 aromatic heterocycles. The zero-order chi connectivity index (χ0) is 39.8. The average molecular weight is 765 g/mol. The van der Waals surface area contributed by atoms with Crippen molar-refractivity contribution in [3.8, 4) is 78.8 Å². The van der Waals surface area contributed by atoms with E-state index in [4.69, 9.17) is 19.9 Å². The van der Waals surface area contributed by atoms with Crippen molar-refractivity contribution in [1.82, 2.24) is 19.9 Å². The summed E-state index contributed by atoms with van der Waals surface area (Å²) < 4.78 is 0. The molecule has 0 radical (unpaired) electrons. The Morgan fingerprint density at radius 2 is 0.633 bits per heavy atom. The molecule has 0 atom stereocenters. The predicted octanol–water partition coefficient (Wildman–Crippen LogP) is 14.4. The van der Waals surface area contributed by atoms with E-state index >= 15 is 0 Å². The number of aromatic nitrogens is 4. The van der Waals surface area contributed by atoms with Gasteiger partial charge in [0.25, 0.3) is 0 Å². The van der Waals surface area contributed by atoms with Crippen molar-refractivity contribution in [3.63, 3.8) is 0 Å². The molecule has 0 saturated carbocycles. The van der Waals surface area contributed by atoms with Crippen molar-refractivity contribution in [1.29, 1.82) is 0 Å². The molecule has 0 N–H and O–H groups in total. The molecule has 0 bridgehead atoms. The van der Waals surface area contributed by atoms with Gasteiger partial charge in [0.15, 0.2) is 17.5 Å². The lowest BCUT2D eigenvalue weighted by molar-refractivity contribution is 1.07.